The first-order chi connectivity index (χ1) is 14.5. The first-order valence-electron chi connectivity index (χ1n) is 9.90. The number of imide groups is 1. The summed E-state index contributed by atoms with van der Waals surface area (Å²) in [5.41, 5.74) is 0.815. The lowest BCUT2D eigenvalue weighted by Crippen LogP contribution is -2.42. The zero-order chi connectivity index (χ0) is 21.3. The Kier molecular flexibility index (Phi) is 5.39. The maximum Gasteiger partial charge on any atom is 0.241 e. The predicted octanol–water partition coefficient (Wildman–Crippen LogP) is 1.59. The molecule has 1 aliphatic carbocycles. The summed E-state index contributed by atoms with van der Waals surface area (Å²) in [4.78, 5) is 43.7. The molecule has 1 N–H and O–H groups in total. The molecule has 3 unspecified atom stereocenters. The van der Waals surface area contributed by atoms with Crippen LogP contribution in [0.15, 0.2) is 48.8 Å². The molecule has 1 aliphatic heterocycles. The van der Waals surface area contributed by atoms with E-state index in [0.717, 1.165) is 10.5 Å². The third-order valence-corrected chi connectivity index (χ3v) is 5.77. The Morgan fingerprint density at radius 3 is 2.33 bits per heavy atom. The van der Waals surface area contributed by atoms with E-state index in [-0.39, 0.29) is 30.2 Å². The second-order valence-corrected chi connectivity index (χ2v) is 7.59. The molecule has 2 heterocycles. The van der Waals surface area contributed by atoms with Crippen LogP contribution in [0.25, 0.3) is 0 Å². The normalized spacial score (nSPS) is 21.5. The third kappa shape index (κ3) is 3.60. The highest BCUT2D eigenvalue weighted by Gasteiger charge is 2.47. The number of hydrogen-bond acceptors (Lipinski definition) is 5. The van der Waals surface area contributed by atoms with E-state index in [9.17, 15) is 14.4 Å². The van der Waals surface area contributed by atoms with Gasteiger partial charge in [-0.25, -0.2) is 4.98 Å². The van der Waals surface area contributed by atoms with Gasteiger partial charge in [-0.2, -0.15) is 0 Å². The van der Waals surface area contributed by atoms with Gasteiger partial charge in [0.15, 0.2) is 0 Å². The molecule has 1 fully saturated rings. The minimum atomic E-state index is -0.528. The molecule has 2 aliphatic rings. The van der Waals surface area contributed by atoms with Gasteiger partial charge < -0.3 is 14.6 Å². The number of ether oxygens (including phenoxy) is 1. The number of hydrogen-bond donors (Lipinski definition) is 1. The summed E-state index contributed by atoms with van der Waals surface area (Å²) in [6, 6.07) is 6.79. The molecule has 1 saturated heterocycles. The molecule has 0 bridgehead atoms. The molecule has 0 saturated carbocycles. The number of imidazole rings is 1. The lowest BCUT2D eigenvalue weighted by molar-refractivity contribution is -0.143. The van der Waals surface area contributed by atoms with Crippen molar-refractivity contribution in [2.75, 3.05) is 13.7 Å². The molecule has 2 aromatic rings. The zero-order valence-corrected chi connectivity index (χ0v) is 16.9. The number of likely N-dealkylation sites (tertiary alicyclic amines) is 1. The highest BCUT2D eigenvalue weighted by molar-refractivity contribution is 6.07. The molecule has 0 radical (unpaired) electrons. The van der Waals surface area contributed by atoms with Crippen LogP contribution in [0.2, 0.25) is 0 Å². The first-order valence-corrected chi connectivity index (χ1v) is 9.90. The maximum atomic E-state index is 12.9. The Labute approximate surface area is 174 Å². The highest BCUT2D eigenvalue weighted by atomic mass is 16.5. The number of carbonyl (C=O) groups is 3. The predicted molar refractivity (Wildman–Crippen MR) is 108 cm³/mol. The topological polar surface area (TPSA) is 93.5 Å². The SMILES string of the molecule is COc1ccc(C(NC(=O)CN2C(=O)C3CC=CCC3C2=O)c2nccn2C)cc1. The van der Waals surface area contributed by atoms with Crippen LogP contribution < -0.4 is 10.1 Å². The monoisotopic (exact) mass is 408 g/mol. The fourth-order valence-electron chi connectivity index (χ4n) is 4.12. The van der Waals surface area contributed by atoms with Gasteiger partial charge in [0.05, 0.1) is 18.9 Å². The quantitative estimate of drug-likeness (QED) is 0.579. The number of rotatable bonds is 6. The lowest BCUT2D eigenvalue weighted by atomic mass is 9.85. The van der Waals surface area contributed by atoms with E-state index in [4.69, 9.17) is 4.74 Å². The Morgan fingerprint density at radius 1 is 1.17 bits per heavy atom. The van der Waals surface area contributed by atoms with Gasteiger partial charge in [-0.3, -0.25) is 19.3 Å². The first kappa shape index (κ1) is 19.9. The van der Waals surface area contributed by atoms with Crippen molar-refractivity contribution < 1.29 is 19.1 Å². The second-order valence-electron chi connectivity index (χ2n) is 7.59. The summed E-state index contributed by atoms with van der Waals surface area (Å²) in [7, 11) is 3.43. The number of allylic oxidation sites excluding steroid dienone is 2. The van der Waals surface area contributed by atoms with Crippen LogP contribution in [0, 0.1) is 11.8 Å². The van der Waals surface area contributed by atoms with Gasteiger partial charge in [0.1, 0.15) is 24.2 Å². The van der Waals surface area contributed by atoms with Gasteiger partial charge in [0.2, 0.25) is 17.7 Å². The van der Waals surface area contributed by atoms with Gasteiger partial charge in [-0.15, -0.1) is 0 Å². The average Bonchev–Trinajstić information content (AvgIpc) is 3.29. The van der Waals surface area contributed by atoms with E-state index < -0.39 is 11.9 Å². The molecule has 3 amide bonds. The molecular weight excluding hydrogens is 384 g/mol. The van der Waals surface area contributed by atoms with Gasteiger partial charge in [0, 0.05) is 19.4 Å². The minimum Gasteiger partial charge on any atom is -0.497 e. The summed E-state index contributed by atoms with van der Waals surface area (Å²) < 4.78 is 7.03. The van der Waals surface area contributed by atoms with Gasteiger partial charge in [0.25, 0.3) is 0 Å². The maximum absolute atomic E-state index is 12.9. The standard InChI is InChI=1S/C22H24N4O4/c1-25-12-11-23-20(25)19(14-7-9-15(30-2)10-8-14)24-18(27)13-26-21(28)16-5-3-4-6-17(16)22(26)29/h3-4,7-12,16-17,19H,5-6,13H2,1-2H3,(H,24,27). The van der Waals surface area contributed by atoms with Gasteiger partial charge >= 0.3 is 0 Å². The van der Waals surface area contributed by atoms with Gasteiger partial charge in [-0.05, 0) is 30.5 Å². The number of nitrogens with zero attached hydrogens (tertiary/aromatic N) is 3. The number of aromatic nitrogens is 2. The van der Waals surface area contributed by atoms with Crippen molar-refractivity contribution in [2.45, 2.75) is 18.9 Å². The Morgan fingerprint density at radius 2 is 1.80 bits per heavy atom. The molecular formula is C22H24N4O4. The van der Waals surface area contributed by atoms with Crippen molar-refractivity contribution in [3.8, 4) is 5.75 Å². The Balaban J connectivity index is 1.53. The van der Waals surface area contributed by atoms with Crippen LogP contribution in [0.4, 0.5) is 0 Å². The van der Waals surface area contributed by atoms with Crippen LogP contribution >= 0.6 is 0 Å². The molecule has 156 valence electrons. The number of benzene rings is 1. The molecule has 1 aromatic heterocycles. The van der Waals surface area contributed by atoms with Crippen LogP contribution in [0.5, 0.6) is 5.75 Å². The van der Waals surface area contributed by atoms with Crippen molar-refractivity contribution in [1.82, 2.24) is 19.8 Å². The lowest BCUT2D eigenvalue weighted by Gasteiger charge is -2.21. The van der Waals surface area contributed by atoms with E-state index in [0.29, 0.717) is 24.4 Å². The van der Waals surface area contributed by atoms with Crippen molar-refractivity contribution in [2.24, 2.45) is 18.9 Å². The summed E-state index contributed by atoms with van der Waals surface area (Å²) in [5, 5.41) is 2.94. The number of amides is 3. The van der Waals surface area contributed by atoms with E-state index >= 15 is 0 Å². The minimum absolute atomic E-state index is 0.262. The van der Waals surface area contributed by atoms with E-state index in [1.54, 1.807) is 19.5 Å². The number of nitrogens with one attached hydrogen (secondary N) is 1. The molecule has 3 atom stereocenters. The molecule has 8 nitrogen and oxygen atoms in total. The summed E-state index contributed by atoms with van der Waals surface area (Å²) in [6.07, 6.45) is 8.41. The fraction of sp³-hybridized carbons (Fsp3) is 0.364. The van der Waals surface area contributed by atoms with Crippen molar-refractivity contribution in [3.05, 3.63) is 60.2 Å². The Bertz CT molecular complexity index is 969. The second kappa shape index (κ2) is 8.14. The molecule has 8 heteroatoms. The third-order valence-electron chi connectivity index (χ3n) is 5.77. The highest BCUT2D eigenvalue weighted by Crippen LogP contribution is 2.35. The van der Waals surface area contributed by atoms with Crippen molar-refractivity contribution >= 4 is 17.7 Å². The van der Waals surface area contributed by atoms with Crippen LogP contribution in [0.1, 0.15) is 30.3 Å². The number of aryl methyl sites for hydroxylation is 1. The van der Waals surface area contributed by atoms with E-state index in [1.807, 2.05) is 48.0 Å². The van der Waals surface area contributed by atoms with Crippen molar-refractivity contribution in [3.63, 3.8) is 0 Å². The number of carbonyl (C=O) groups excluding carboxylic acids is 3. The largest absolute Gasteiger partial charge is 0.497 e. The molecule has 0 spiro atoms. The molecule has 4 rings (SSSR count). The smallest absolute Gasteiger partial charge is 0.241 e. The number of methoxy groups -OCH3 is 1. The zero-order valence-electron chi connectivity index (χ0n) is 16.9. The summed E-state index contributed by atoms with van der Waals surface area (Å²) in [5.74, 6) is -0.278. The Hall–Kier alpha value is -3.42. The van der Waals surface area contributed by atoms with Gasteiger partial charge in [-0.1, -0.05) is 24.3 Å². The molecule has 1 aromatic carbocycles. The van der Waals surface area contributed by atoms with E-state index in [2.05, 4.69) is 10.3 Å². The fourth-order valence-corrected chi connectivity index (χ4v) is 4.12. The molecule has 30 heavy (non-hydrogen) atoms. The van der Waals surface area contributed by atoms with Crippen LogP contribution in [0.3, 0.4) is 0 Å². The van der Waals surface area contributed by atoms with Crippen LogP contribution in [-0.2, 0) is 21.4 Å². The van der Waals surface area contributed by atoms with E-state index in [1.165, 1.54) is 0 Å². The van der Waals surface area contributed by atoms with Crippen molar-refractivity contribution in [1.29, 1.82) is 0 Å². The number of fused-ring (bicyclic) bond motifs is 1. The van der Waals surface area contributed by atoms with Crippen LogP contribution in [-0.4, -0.2) is 45.8 Å². The summed E-state index contributed by atoms with van der Waals surface area (Å²) in [6.45, 7) is -0.290. The average molecular weight is 408 g/mol. The summed E-state index contributed by atoms with van der Waals surface area (Å²) >= 11 is 0.